The van der Waals surface area contributed by atoms with Crippen LogP contribution in [0.25, 0.3) is 10.2 Å². The lowest BCUT2D eigenvalue weighted by Gasteiger charge is -2.22. The maximum Gasteiger partial charge on any atom is 0.283 e. The third-order valence-electron chi connectivity index (χ3n) is 6.60. The Kier molecular flexibility index (Phi) is 6.16. The number of benzene rings is 3. The maximum atomic E-state index is 13.1. The second-order valence-corrected chi connectivity index (χ2v) is 12.4. The van der Waals surface area contributed by atoms with Crippen molar-refractivity contribution in [3.63, 3.8) is 0 Å². The van der Waals surface area contributed by atoms with Crippen molar-refractivity contribution < 1.29 is 14.5 Å². The lowest BCUT2D eigenvalue weighted by atomic mass is 9.84. The van der Waals surface area contributed by atoms with E-state index in [4.69, 9.17) is 4.98 Å². The van der Waals surface area contributed by atoms with Gasteiger partial charge in [0.15, 0.2) is 4.34 Å². The molecule has 7 nitrogen and oxygen atoms in total. The molecule has 0 N–H and O–H groups in total. The molecule has 2 heterocycles. The molecule has 3 aromatic carbocycles. The smallest absolute Gasteiger partial charge is 0.268 e. The van der Waals surface area contributed by atoms with Crippen LogP contribution in [-0.4, -0.2) is 21.7 Å². The van der Waals surface area contributed by atoms with E-state index >= 15 is 0 Å². The summed E-state index contributed by atoms with van der Waals surface area (Å²) in [7, 11) is 0. The first kappa shape index (κ1) is 25.1. The first-order valence-electron chi connectivity index (χ1n) is 11.8. The molecule has 0 saturated heterocycles. The molecule has 9 heteroatoms. The molecule has 4 aromatic rings. The quantitative estimate of drug-likeness (QED) is 0.117. The highest BCUT2D eigenvalue weighted by Gasteiger charge is 2.41. The number of nitrogens with zero attached hydrogens (tertiary/aromatic N) is 3. The Labute approximate surface area is 222 Å². The number of carbonyl (C=O) groups is 2. The summed E-state index contributed by atoms with van der Waals surface area (Å²) in [6.45, 7) is 10.9. The number of thioether (sulfide) groups is 1. The predicted molar refractivity (Wildman–Crippen MR) is 148 cm³/mol. The van der Waals surface area contributed by atoms with Crippen LogP contribution in [0.2, 0.25) is 0 Å². The van der Waals surface area contributed by atoms with Gasteiger partial charge in [-0.3, -0.25) is 19.7 Å². The highest BCUT2D eigenvalue weighted by atomic mass is 32.2. The molecule has 0 atom stereocenters. The lowest BCUT2D eigenvalue weighted by Crippen LogP contribution is -2.29. The molecule has 0 radical (unpaired) electrons. The van der Waals surface area contributed by atoms with Crippen LogP contribution in [0.5, 0.6) is 0 Å². The third-order valence-corrected chi connectivity index (χ3v) is 8.79. The average Bonchev–Trinajstić information content (AvgIpc) is 3.35. The van der Waals surface area contributed by atoms with E-state index in [0.29, 0.717) is 5.69 Å². The molecule has 0 spiro atoms. The van der Waals surface area contributed by atoms with Crippen molar-refractivity contribution in [2.24, 2.45) is 0 Å². The van der Waals surface area contributed by atoms with Gasteiger partial charge in [0.05, 0.1) is 26.4 Å². The van der Waals surface area contributed by atoms with Crippen LogP contribution in [0.1, 0.15) is 63.7 Å². The predicted octanol–water partition coefficient (Wildman–Crippen LogP) is 7.21. The van der Waals surface area contributed by atoms with Crippen LogP contribution in [0.15, 0.2) is 52.9 Å². The van der Waals surface area contributed by atoms with E-state index in [9.17, 15) is 19.7 Å². The number of thiazole rings is 1. The summed E-state index contributed by atoms with van der Waals surface area (Å²) >= 11 is 3.16. The molecule has 188 valence electrons. The minimum atomic E-state index is -0.685. The van der Waals surface area contributed by atoms with Crippen LogP contribution < -0.4 is 4.90 Å². The van der Waals surface area contributed by atoms with E-state index in [0.717, 1.165) is 25.2 Å². The van der Waals surface area contributed by atoms with E-state index in [1.165, 1.54) is 51.8 Å². The van der Waals surface area contributed by atoms with Gasteiger partial charge in [0.2, 0.25) is 0 Å². The highest BCUT2D eigenvalue weighted by molar-refractivity contribution is 8.00. The van der Waals surface area contributed by atoms with E-state index in [-0.39, 0.29) is 22.2 Å². The number of hydrogen-bond acceptors (Lipinski definition) is 7. The van der Waals surface area contributed by atoms with Crippen LogP contribution in [0.4, 0.5) is 11.4 Å². The van der Waals surface area contributed by atoms with Gasteiger partial charge in [0.25, 0.3) is 17.5 Å². The van der Waals surface area contributed by atoms with Crippen molar-refractivity contribution in [2.75, 3.05) is 4.90 Å². The largest absolute Gasteiger partial charge is 0.283 e. The number of fused-ring (bicyclic) bond motifs is 2. The van der Waals surface area contributed by atoms with Crippen molar-refractivity contribution in [3.8, 4) is 0 Å². The van der Waals surface area contributed by atoms with Gasteiger partial charge in [-0.2, -0.15) is 0 Å². The Morgan fingerprint density at radius 2 is 1.73 bits per heavy atom. The van der Waals surface area contributed by atoms with E-state index < -0.39 is 16.7 Å². The monoisotopic (exact) mass is 531 g/mol. The fraction of sp³-hybridized carbons (Fsp3) is 0.250. The number of aryl methyl sites for hydroxylation is 2. The molecule has 1 aromatic heterocycles. The molecule has 0 aliphatic carbocycles. The number of rotatable bonds is 5. The van der Waals surface area contributed by atoms with Crippen LogP contribution in [0.3, 0.4) is 0 Å². The fourth-order valence-electron chi connectivity index (χ4n) is 4.54. The summed E-state index contributed by atoms with van der Waals surface area (Å²) < 4.78 is 1.73. The normalized spacial score (nSPS) is 13.5. The zero-order valence-corrected chi connectivity index (χ0v) is 22.8. The molecule has 0 unspecified atom stereocenters. The second-order valence-electron chi connectivity index (χ2n) is 10.2. The van der Waals surface area contributed by atoms with Gasteiger partial charge in [-0.15, -0.1) is 11.3 Å². The number of anilines is 1. The van der Waals surface area contributed by atoms with Gasteiger partial charge in [-0.1, -0.05) is 50.7 Å². The average molecular weight is 532 g/mol. The number of nitro benzene ring substituents is 1. The second kappa shape index (κ2) is 9.08. The van der Waals surface area contributed by atoms with Crippen molar-refractivity contribution in [3.05, 3.63) is 92.0 Å². The molecule has 0 fully saturated rings. The van der Waals surface area contributed by atoms with Gasteiger partial charge < -0.3 is 0 Å². The van der Waals surface area contributed by atoms with Crippen molar-refractivity contribution in [2.45, 2.75) is 50.1 Å². The standard InChI is InChI=1S/C28H25N3O4S2/c1-15-11-17(28(3,4)5)12-16(2)20(15)14-36-27-29-21-10-9-18(13-23(21)37-27)30-25(32)19-7-6-8-22(31(34)35)24(19)26(30)33/h6-13H,14H2,1-5H3. The Bertz CT molecular complexity index is 1590. The summed E-state index contributed by atoms with van der Waals surface area (Å²) in [4.78, 5) is 42.6. The van der Waals surface area contributed by atoms with Crippen LogP contribution in [0, 0.1) is 24.0 Å². The maximum absolute atomic E-state index is 13.1. The molecule has 0 bridgehead atoms. The first-order chi connectivity index (χ1) is 17.5. The number of imide groups is 1. The van der Waals surface area contributed by atoms with Gasteiger partial charge >= 0.3 is 0 Å². The van der Waals surface area contributed by atoms with Gasteiger partial charge in [0, 0.05) is 11.8 Å². The Balaban J connectivity index is 1.41. The molecular formula is C28H25N3O4S2. The summed E-state index contributed by atoms with van der Waals surface area (Å²) in [5.74, 6) is -0.459. The first-order valence-corrected chi connectivity index (χ1v) is 13.6. The topological polar surface area (TPSA) is 93.4 Å². The lowest BCUT2D eigenvalue weighted by molar-refractivity contribution is -0.385. The summed E-state index contributed by atoms with van der Waals surface area (Å²) in [5.41, 5.74) is 5.90. The number of amides is 2. The Hall–Kier alpha value is -3.56. The molecule has 1 aliphatic rings. The van der Waals surface area contributed by atoms with E-state index in [1.54, 1.807) is 30.0 Å². The Morgan fingerprint density at radius 1 is 1.03 bits per heavy atom. The SMILES string of the molecule is Cc1cc(C(C)(C)C)cc(C)c1CSc1nc2ccc(N3C(=O)c4cccc([N+](=O)[O-])c4C3=O)cc2s1. The zero-order chi connectivity index (χ0) is 26.6. The number of carbonyl (C=O) groups excluding carboxylic acids is 2. The Morgan fingerprint density at radius 3 is 2.38 bits per heavy atom. The summed E-state index contributed by atoms with van der Waals surface area (Å²) in [6.07, 6.45) is 0. The molecule has 1 aliphatic heterocycles. The van der Waals surface area contributed by atoms with Crippen LogP contribution in [-0.2, 0) is 11.2 Å². The number of nitro groups is 1. The summed E-state index contributed by atoms with van der Waals surface area (Å²) in [6, 6.07) is 13.8. The van der Waals surface area contributed by atoms with Gasteiger partial charge in [0.1, 0.15) is 5.56 Å². The van der Waals surface area contributed by atoms with Gasteiger partial charge in [-0.25, -0.2) is 9.88 Å². The minimum Gasteiger partial charge on any atom is -0.268 e. The van der Waals surface area contributed by atoms with Crippen molar-refractivity contribution >= 4 is 56.5 Å². The van der Waals surface area contributed by atoms with E-state index in [2.05, 4.69) is 46.8 Å². The van der Waals surface area contributed by atoms with Crippen LogP contribution >= 0.6 is 23.1 Å². The van der Waals surface area contributed by atoms with Crippen molar-refractivity contribution in [1.29, 1.82) is 0 Å². The van der Waals surface area contributed by atoms with Gasteiger partial charge in [-0.05, 0) is 65.8 Å². The molecule has 37 heavy (non-hydrogen) atoms. The molecule has 5 rings (SSSR count). The van der Waals surface area contributed by atoms with Crippen molar-refractivity contribution in [1.82, 2.24) is 4.98 Å². The molecular weight excluding hydrogens is 506 g/mol. The fourth-order valence-corrected chi connectivity index (χ4v) is 6.83. The zero-order valence-electron chi connectivity index (χ0n) is 21.1. The minimum absolute atomic E-state index is 0.0445. The molecule has 0 saturated carbocycles. The third kappa shape index (κ3) is 4.42. The number of hydrogen-bond donors (Lipinski definition) is 0. The summed E-state index contributed by atoms with van der Waals surface area (Å²) in [5, 5.41) is 11.4. The number of aromatic nitrogens is 1. The molecule has 2 amide bonds. The highest BCUT2D eigenvalue weighted by Crippen LogP contribution is 2.38. The van der Waals surface area contributed by atoms with E-state index in [1.807, 2.05) is 0 Å².